The van der Waals surface area contributed by atoms with Crippen LogP contribution in [0.25, 0.3) is 0 Å². The Bertz CT molecular complexity index is 525. The van der Waals surface area contributed by atoms with E-state index in [1.807, 2.05) is 13.8 Å². The van der Waals surface area contributed by atoms with Gasteiger partial charge in [-0.1, -0.05) is 11.6 Å². The van der Waals surface area contributed by atoms with Gasteiger partial charge in [0, 0.05) is 18.5 Å². The summed E-state index contributed by atoms with van der Waals surface area (Å²) < 4.78 is 16.4. The van der Waals surface area contributed by atoms with Crippen LogP contribution >= 0.6 is 11.6 Å². The number of halogens is 1. The van der Waals surface area contributed by atoms with Crippen molar-refractivity contribution < 1.29 is 19.0 Å². The standard InChI is InChI=1S/C15H20ClNO4/c1-8-4-11(5-9(2)20-8)21-14-12(15(18)19-3)6-10(17)7-13(14)16/h6-9,11H,4-5,17H2,1-3H3. The molecule has 0 aliphatic carbocycles. The number of benzene rings is 1. The lowest BCUT2D eigenvalue weighted by atomic mass is 10.0. The number of methoxy groups -OCH3 is 1. The topological polar surface area (TPSA) is 70.8 Å². The number of carbonyl (C=O) groups is 1. The van der Waals surface area contributed by atoms with Gasteiger partial charge < -0.3 is 19.9 Å². The number of hydrogen-bond donors (Lipinski definition) is 1. The fourth-order valence-electron chi connectivity index (χ4n) is 2.60. The second-order valence-electron chi connectivity index (χ2n) is 5.34. The summed E-state index contributed by atoms with van der Waals surface area (Å²) in [5, 5.41) is 0.308. The van der Waals surface area contributed by atoms with Crippen LogP contribution in [0.15, 0.2) is 12.1 Å². The number of anilines is 1. The molecule has 1 heterocycles. The number of rotatable bonds is 3. The SMILES string of the molecule is COC(=O)c1cc(N)cc(Cl)c1OC1CC(C)OC(C)C1. The Morgan fingerprint density at radius 1 is 1.33 bits per heavy atom. The number of nitrogens with two attached hydrogens (primary N) is 1. The van der Waals surface area contributed by atoms with E-state index in [0.29, 0.717) is 16.5 Å². The van der Waals surface area contributed by atoms with E-state index in [4.69, 9.17) is 31.5 Å². The quantitative estimate of drug-likeness (QED) is 0.686. The lowest BCUT2D eigenvalue weighted by Gasteiger charge is -2.32. The molecule has 2 rings (SSSR count). The molecule has 2 unspecified atom stereocenters. The molecule has 0 amide bonds. The monoisotopic (exact) mass is 313 g/mol. The molecular formula is C15H20ClNO4. The van der Waals surface area contributed by atoms with E-state index in [1.54, 1.807) is 6.07 Å². The first-order chi connectivity index (χ1) is 9.90. The molecule has 1 fully saturated rings. The Balaban J connectivity index is 2.28. The average molecular weight is 314 g/mol. The molecule has 1 aliphatic rings. The second-order valence-corrected chi connectivity index (χ2v) is 5.75. The first-order valence-electron chi connectivity index (χ1n) is 6.90. The van der Waals surface area contributed by atoms with Crippen LogP contribution in [0.2, 0.25) is 5.02 Å². The van der Waals surface area contributed by atoms with Crippen LogP contribution in [-0.4, -0.2) is 31.4 Å². The molecular weight excluding hydrogens is 294 g/mol. The summed E-state index contributed by atoms with van der Waals surface area (Å²) in [7, 11) is 1.31. The minimum Gasteiger partial charge on any atom is -0.488 e. The van der Waals surface area contributed by atoms with Gasteiger partial charge in [-0.05, 0) is 26.0 Å². The van der Waals surface area contributed by atoms with Gasteiger partial charge in [-0.15, -0.1) is 0 Å². The highest BCUT2D eigenvalue weighted by molar-refractivity contribution is 6.33. The van der Waals surface area contributed by atoms with Gasteiger partial charge in [0.25, 0.3) is 0 Å². The van der Waals surface area contributed by atoms with Crippen molar-refractivity contribution in [3.8, 4) is 5.75 Å². The zero-order chi connectivity index (χ0) is 15.6. The Labute approximate surface area is 129 Å². The Morgan fingerprint density at radius 3 is 2.52 bits per heavy atom. The number of hydrogen-bond acceptors (Lipinski definition) is 5. The van der Waals surface area contributed by atoms with E-state index in [0.717, 1.165) is 12.8 Å². The van der Waals surface area contributed by atoms with Crippen molar-refractivity contribution >= 4 is 23.3 Å². The number of nitrogen functional groups attached to an aromatic ring is 1. The third-order valence-electron chi connectivity index (χ3n) is 3.41. The van der Waals surface area contributed by atoms with Gasteiger partial charge >= 0.3 is 5.97 Å². The van der Waals surface area contributed by atoms with Crippen LogP contribution in [0.1, 0.15) is 37.0 Å². The van der Waals surface area contributed by atoms with E-state index >= 15 is 0 Å². The smallest absolute Gasteiger partial charge is 0.341 e. The van der Waals surface area contributed by atoms with Crippen molar-refractivity contribution in [1.82, 2.24) is 0 Å². The maximum absolute atomic E-state index is 11.9. The normalized spacial score (nSPS) is 25.4. The van der Waals surface area contributed by atoms with Gasteiger partial charge in [0.05, 0.1) is 24.3 Å². The molecule has 0 radical (unpaired) electrons. The molecule has 0 aromatic heterocycles. The Kier molecular flexibility index (Phi) is 4.96. The fourth-order valence-corrected chi connectivity index (χ4v) is 2.88. The van der Waals surface area contributed by atoms with Gasteiger partial charge in [-0.3, -0.25) is 0 Å². The maximum atomic E-state index is 11.9. The van der Waals surface area contributed by atoms with E-state index in [-0.39, 0.29) is 23.9 Å². The largest absolute Gasteiger partial charge is 0.488 e. The van der Waals surface area contributed by atoms with Crippen molar-refractivity contribution in [3.63, 3.8) is 0 Å². The van der Waals surface area contributed by atoms with E-state index < -0.39 is 5.97 Å². The number of ether oxygens (including phenoxy) is 3. The van der Waals surface area contributed by atoms with Crippen LogP contribution in [0, 0.1) is 0 Å². The summed E-state index contributed by atoms with van der Waals surface area (Å²) in [6, 6.07) is 3.08. The van der Waals surface area contributed by atoms with Gasteiger partial charge in [0.2, 0.25) is 0 Å². The van der Waals surface area contributed by atoms with Gasteiger partial charge in [0.15, 0.2) is 5.75 Å². The molecule has 2 atom stereocenters. The van der Waals surface area contributed by atoms with E-state index in [9.17, 15) is 4.79 Å². The van der Waals surface area contributed by atoms with Crippen molar-refractivity contribution in [2.24, 2.45) is 0 Å². The minimum absolute atomic E-state index is 0.0618. The van der Waals surface area contributed by atoms with Gasteiger partial charge in [0.1, 0.15) is 11.7 Å². The number of carbonyl (C=O) groups excluding carboxylic acids is 1. The summed E-state index contributed by atoms with van der Waals surface area (Å²) >= 11 is 6.18. The predicted octanol–water partition coefficient (Wildman–Crippen LogP) is 3.04. The zero-order valence-corrected chi connectivity index (χ0v) is 13.1. The maximum Gasteiger partial charge on any atom is 0.341 e. The third kappa shape index (κ3) is 3.80. The van der Waals surface area contributed by atoms with E-state index in [2.05, 4.69) is 0 Å². The molecule has 1 aromatic carbocycles. The predicted molar refractivity (Wildman–Crippen MR) is 80.9 cm³/mol. The number of esters is 1. The van der Waals surface area contributed by atoms with E-state index in [1.165, 1.54) is 13.2 Å². The zero-order valence-electron chi connectivity index (χ0n) is 12.4. The molecule has 1 aromatic rings. The first-order valence-corrected chi connectivity index (χ1v) is 7.28. The minimum atomic E-state index is -0.521. The highest BCUT2D eigenvalue weighted by Crippen LogP contribution is 2.35. The molecule has 0 spiro atoms. The first kappa shape index (κ1) is 15.9. The summed E-state index contributed by atoms with van der Waals surface area (Å²) in [6.45, 7) is 4.00. The van der Waals surface area contributed by atoms with Crippen molar-refractivity contribution in [2.75, 3.05) is 12.8 Å². The van der Waals surface area contributed by atoms with Crippen LogP contribution in [0.5, 0.6) is 5.75 Å². The van der Waals surface area contributed by atoms with Crippen molar-refractivity contribution in [1.29, 1.82) is 0 Å². The van der Waals surface area contributed by atoms with Gasteiger partial charge in [-0.25, -0.2) is 4.79 Å². The molecule has 0 bridgehead atoms. The average Bonchev–Trinajstić information content (AvgIpc) is 2.39. The summed E-state index contributed by atoms with van der Waals surface area (Å²) in [5.74, 6) is -0.198. The third-order valence-corrected chi connectivity index (χ3v) is 3.69. The van der Waals surface area contributed by atoms with Crippen molar-refractivity contribution in [3.05, 3.63) is 22.7 Å². The Hall–Kier alpha value is -1.46. The van der Waals surface area contributed by atoms with Crippen LogP contribution in [0.4, 0.5) is 5.69 Å². The molecule has 116 valence electrons. The summed E-state index contributed by atoms with van der Waals surface area (Å²) in [6.07, 6.45) is 1.63. The summed E-state index contributed by atoms with van der Waals surface area (Å²) in [5.41, 5.74) is 6.37. The highest BCUT2D eigenvalue weighted by atomic mass is 35.5. The lowest BCUT2D eigenvalue weighted by Crippen LogP contribution is -2.36. The summed E-state index contributed by atoms with van der Waals surface area (Å²) in [4.78, 5) is 11.9. The molecule has 21 heavy (non-hydrogen) atoms. The molecule has 1 saturated heterocycles. The van der Waals surface area contributed by atoms with Crippen LogP contribution in [-0.2, 0) is 9.47 Å². The molecule has 0 saturated carbocycles. The van der Waals surface area contributed by atoms with Gasteiger partial charge in [-0.2, -0.15) is 0 Å². The lowest BCUT2D eigenvalue weighted by molar-refractivity contribution is -0.0722. The Morgan fingerprint density at radius 2 is 1.95 bits per heavy atom. The molecule has 1 aliphatic heterocycles. The van der Waals surface area contributed by atoms with Crippen LogP contribution in [0.3, 0.4) is 0 Å². The fraction of sp³-hybridized carbons (Fsp3) is 0.533. The second kappa shape index (κ2) is 6.54. The highest BCUT2D eigenvalue weighted by Gasteiger charge is 2.28. The molecule has 6 heteroatoms. The van der Waals surface area contributed by atoms with Crippen LogP contribution < -0.4 is 10.5 Å². The molecule has 5 nitrogen and oxygen atoms in total. The molecule has 2 N–H and O–H groups in total. The van der Waals surface area contributed by atoms with Crippen molar-refractivity contribution in [2.45, 2.75) is 45.0 Å².